The van der Waals surface area contributed by atoms with Gasteiger partial charge in [0, 0.05) is 55.3 Å². The smallest absolute Gasteiger partial charge is 0.165 e. The number of carbonyl (C=O) groups excluding carboxylic acids is 1. The summed E-state index contributed by atoms with van der Waals surface area (Å²) in [7, 11) is 0. The van der Waals surface area contributed by atoms with Crippen molar-refractivity contribution in [3.63, 3.8) is 0 Å². The van der Waals surface area contributed by atoms with Gasteiger partial charge in [0.05, 0.1) is 0 Å². The van der Waals surface area contributed by atoms with Crippen LogP contribution in [0.1, 0.15) is 23.2 Å². The van der Waals surface area contributed by atoms with Crippen LogP contribution < -0.4 is 5.32 Å². The molecule has 21 heavy (non-hydrogen) atoms. The van der Waals surface area contributed by atoms with Gasteiger partial charge in [-0.25, -0.2) is 4.39 Å². The number of H-pyrrole nitrogens is 1. The number of aromatic nitrogens is 1. The van der Waals surface area contributed by atoms with E-state index >= 15 is 0 Å². The van der Waals surface area contributed by atoms with Gasteiger partial charge < -0.3 is 15.2 Å². The van der Waals surface area contributed by atoms with Crippen molar-refractivity contribution in [2.75, 3.05) is 32.7 Å². The van der Waals surface area contributed by atoms with Crippen molar-refractivity contribution in [1.29, 1.82) is 0 Å². The number of aromatic amines is 1. The third-order valence-corrected chi connectivity index (χ3v) is 4.03. The van der Waals surface area contributed by atoms with Crippen LogP contribution in [0.5, 0.6) is 0 Å². The average Bonchev–Trinajstić information content (AvgIpc) is 2.91. The number of rotatable bonds is 5. The molecule has 2 N–H and O–H groups in total. The Balaban J connectivity index is 1.60. The Bertz CT molecular complexity index is 631. The molecule has 2 heterocycles. The molecule has 0 spiro atoms. The lowest BCUT2D eigenvalue weighted by molar-refractivity contribution is 0.0975. The Kier molecular flexibility index (Phi) is 4.31. The molecule has 0 atom stereocenters. The van der Waals surface area contributed by atoms with Crippen LogP contribution in [0.15, 0.2) is 24.4 Å². The predicted octanol–water partition coefficient (Wildman–Crippen LogP) is 2.18. The topological polar surface area (TPSA) is 48.1 Å². The average molecular weight is 289 g/mol. The summed E-state index contributed by atoms with van der Waals surface area (Å²) in [6, 6.07) is 4.50. The lowest BCUT2D eigenvalue weighted by atomic mass is 10.1. The van der Waals surface area contributed by atoms with E-state index in [0.29, 0.717) is 17.4 Å². The standard InChI is InChI=1S/C16H20FN3O/c17-12-3-4-15-13(10-12)14(11-19-15)16(21)2-1-7-20-8-5-18-6-9-20/h3-4,10-11,18-19H,1-2,5-9H2. The first-order chi connectivity index (χ1) is 10.2. The molecular weight excluding hydrogens is 269 g/mol. The van der Waals surface area contributed by atoms with Crippen LogP contribution in [0.3, 0.4) is 0 Å². The minimum atomic E-state index is -0.308. The molecule has 1 aliphatic heterocycles. The highest BCUT2D eigenvalue weighted by Gasteiger charge is 2.14. The van der Waals surface area contributed by atoms with E-state index in [1.54, 1.807) is 12.3 Å². The fourth-order valence-electron chi connectivity index (χ4n) is 2.86. The number of Topliss-reactive ketones (excluding diaryl/α,β-unsaturated/α-hetero) is 1. The van der Waals surface area contributed by atoms with E-state index < -0.39 is 0 Å². The van der Waals surface area contributed by atoms with E-state index in [4.69, 9.17) is 0 Å². The number of benzene rings is 1. The lowest BCUT2D eigenvalue weighted by Crippen LogP contribution is -2.43. The fourth-order valence-corrected chi connectivity index (χ4v) is 2.86. The van der Waals surface area contributed by atoms with E-state index in [2.05, 4.69) is 15.2 Å². The van der Waals surface area contributed by atoms with Crippen LogP contribution in [-0.4, -0.2) is 48.4 Å². The van der Waals surface area contributed by atoms with Gasteiger partial charge in [-0.3, -0.25) is 4.79 Å². The number of fused-ring (bicyclic) bond motifs is 1. The summed E-state index contributed by atoms with van der Waals surface area (Å²) in [5, 5.41) is 4.00. The molecule has 0 unspecified atom stereocenters. The second kappa shape index (κ2) is 6.37. The molecule has 1 aromatic carbocycles. The maximum Gasteiger partial charge on any atom is 0.165 e. The van der Waals surface area contributed by atoms with Gasteiger partial charge in [-0.05, 0) is 31.2 Å². The second-order valence-electron chi connectivity index (χ2n) is 5.51. The Labute approximate surface area is 123 Å². The first-order valence-corrected chi connectivity index (χ1v) is 7.47. The summed E-state index contributed by atoms with van der Waals surface area (Å²) >= 11 is 0. The molecule has 0 radical (unpaired) electrons. The number of nitrogens with zero attached hydrogens (tertiary/aromatic N) is 1. The molecule has 112 valence electrons. The van der Waals surface area contributed by atoms with Gasteiger partial charge in [-0.15, -0.1) is 0 Å². The molecule has 1 fully saturated rings. The molecular formula is C16H20FN3O. The molecule has 3 rings (SSSR count). The number of hydrogen-bond acceptors (Lipinski definition) is 3. The van der Waals surface area contributed by atoms with Crippen LogP contribution in [-0.2, 0) is 0 Å². The first-order valence-electron chi connectivity index (χ1n) is 7.47. The minimum absolute atomic E-state index is 0.0852. The highest BCUT2D eigenvalue weighted by Crippen LogP contribution is 2.21. The third kappa shape index (κ3) is 3.31. The molecule has 0 amide bonds. The second-order valence-corrected chi connectivity index (χ2v) is 5.51. The van der Waals surface area contributed by atoms with E-state index in [-0.39, 0.29) is 11.6 Å². The highest BCUT2D eigenvalue weighted by atomic mass is 19.1. The zero-order valence-corrected chi connectivity index (χ0v) is 12.0. The van der Waals surface area contributed by atoms with E-state index in [0.717, 1.165) is 44.7 Å². The van der Waals surface area contributed by atoms with E-state index in [9.17, 15) is 9.18 Å². The lowest BCUT2D eigenvalue weighted by Gasteiger charge is -2.26. The van der Waals surface area contributed by atoms with Crippen LogP contribution in [0.4, 0.5) is 4.39 Å². The molecule has 0 saturated carbocycles. The minimum Gasteiger partial charge on any atom is -0.360 e. The number of halogens is 1. The van der Waals surface area contributed by atoms with Crippen LogP contribution in [0.2, 0.25) is 0 Å². The molecule has 0 aliphatic carbocycles. The van der Waals surface area contributed by atoms with Crippen molar-refractivity contribution in [1.82, 2.24) is 15.2 Å². The Morgan fingerprint density at radius 1 is 1.29 bits per heavy atom. The molecule has 0 bridgehead atoms. The van der Waals surface area contributed by atoms with E-state index in [1.165, 1.54) is 12.1 Å². The van der Waals surface area contributed by atoms with E-state index in [1.807, 2.05) is 0 Å². The van der Waals surface area contributed by atoms with Gasteiger partial charge in [-0.1, -0.05) is 0 Å². The molecule has 1 saturated heterocycles. The monoisotopic (exact) mass is 289 g/mol. The number of ketones is 1. The predicted molar refractivity (Wildman–Crippen MR) is 81.1 cm³/mol. The van der Waals surface area contributed by atoms with Gasteiger partial charge >= 0.3 is 0 Å². The van der Waals surface area contributed by atoms with Crippen LogP contribution >= 0.6 is 0 Å². The SMILES string of the molecule is O=C(CCCN1CCNCC1)c1c[nH]c2ccc(F)cc12. The molecule has 2 aromatic rings. The van der Waals surface area contributed by atoms with Crippen LogP contribution in [0, 0.1) is 5.82 Å². The van der Waals surface area contributed by atoms with Crippen molar-refractivity contribution < 1.29 is 9.18 Å². The molecule has 1 aliphatic rings. The number of hydrogen-bond donors (Lipinski definition) is 2. The Morgan fingerprint density at radius 2 is 2.10 bits per heavy atom. The van der Waals surface area contributed by atoms with Crippen molar-refractivity contribution >= 4 is 16.7 Å². The summed E-state index contributed by atoms with van der Waals surface area (Å²) < 4.78 is 13.3. The van der Waals surface area contributed by atoms with Crippen molar-refractivity contribution in [2.45, 2.75) is 12.8 Å². The summed E-state index contributed by atoms with van der Waals surface area (Å²) in [6.07, 6.45) is 3.05. The summed E-state index contributed by atoms with van der Waals surface area (Å²) in [6.45, 7) is 5.09. The highest BCUT2D eigenvalue weighted by molar-refractivity contribution is 6.07. The molecule has 1 aromatic heterocycles. The largest absolute Gasteiger partial charge is 0.360 e. The summed E-state index contributed by atoms with van der Waals surface area (Å²) in [5.41, 5.74) is 1.41. The van der Waals surface area contributed by atoms with Gasteiger partial charge in [-0.2, -0.15) is 0 Å². The zero-order valence-electron chi connectivity index (χ0n) is 12.0. The number of nitrogens with one attached hydrogen (secondary N) is 2. The Hall–Kier alpha value is -1.72. The van der Waals surface area contributed by atoms with Crippen molar-refractivity contribution in [2.24, 2.45) is 0 Å². The first kappa shape index (κ1) is 14.2. The van der Waals surface area contributed by atoms with Gasteiger partial charge in [0.25, 0.3) is 0 Å². The maximum atomic E-state index is 13.3. The maximum absolute atomic E-state index is 13.3. The third-order valence-electron chi connectivity index (χ3n) is 4.03. The van der Waals surface area contributed by atoms with Crippen LogP contribution in [0.25, 0.3) is 10.9 Å². The number of carbonyl (C=O) groups is 1. The summed E-state index contributed by atoms with van der Waals surface area (Å²) in [4.78, 5) is 17.7. The molecule has 5 heteroatoms. The van der Waals surface area contributed by atoms with Crippen molar-refractivity contribution in [3.05, 3.63) is 35.8 Å². The van der Waals surface area contributed by atoms with Gasteiger partial charge in [0.2, 0.25) is 0 Å². The van der Waals surface area contributed by atoms with Gasteiger partial charge in [0.15, 0.2) is 5.78 Å². The van der Waals surface area contributed by atoms with Crippen molar-refractivity contribution in [3.8, 4) is 0 Å². The normalized spacial score (nSPS) is 16.4. The quantitative estimate of drug-likeness (QED) is 0.829. The number of piperazine rings is 1. The van der Waals surface area contributed by atoms with Gasteiger partial charge in [0.1, 0.15) is 5.82 Å². The fraction of sp³-hybridized carbons (Fsp3) is 0.438. The zero-order chi connectivity index (χ0) is 14.7. The Morgan fingerprint density at radius 3 is 2.90 bits per heavy atom. The summed E-state index contributed by atoms with van der Waals surface area (Å²) in [5.74, 6) is -0.223. The molecule has 4 nitrogen and oxygen atoms in total.